The van der Waals surface area contributed by atoms with Gasteiger partial charge in [0.1, 0.15) is 5.83 Å². The molecule has 3 aliphatic rings. The fourth-order valence-electron chi connectivity index (χ4n) is 4.13. The van der Waals surface area contributed by atoms with E-state index >= 15 is 0 Å². The van der Waals surface area contributed by atoms with E-state index in [1.165, 1.54) is 25.9 Å². The molecule has 1 N–H and O–H groups in total. The van der Waals surface area contributed by atoms with Crippen LogP contribution in [0.15, 0.2) is 24.1 Å². The molecular formula is C26H50FN3O. The zero-order valence-corrected chi connectivity index (χ0v) is 21.2. The van der Waals surface area contributed by atoms with Crippen molar-refractivity contribution in [3.8, 4) is 0 Å². The summed E-state index contributed by atoms with van der Waals surface area (Å²) in [6.07, 6.45) is 12.7. The average molecular weight is 440 g/mol. The van der Waals surface area contributed by atoms with Gasteiger partial charge in [0, 0.05) is 44.3 Å². The lowest BCUT2D eigenvalue weighted by Crippen LogP contribution is -2.34. The summed E-state index contributed by atoms with van der Waals surface area (Å²) in [4.78, 5) is 7.10. The molecule has 3 heterocycles. The van der Waals surface area contributed by atoms with Gasteiger partial charge in [-0.15, -0.1) is 0 Å². The van der Waals surface area contributed by atoms with E-state index < -0.39 is 0 Å². The molecule has 1 fully saturated rings. The van der Waals surface area contributed by atoms with Crippen molar-refractivity contribution in [1.29, 1.82) is 0 Å². The number of aliphatic hydroxyl groups excluding tert-OH is 1. The second kappa shape index (κ2) is 16.0. The summed E-state index contributed by atoms with van der Waals surface area (Å²) >= 11 is 0. The van der Waals surface area contributed by atoms with Crippen LogP contribution < -0.4 is 0 Å². The van der Waals surface area contributed by atoms with Gasteiger partial charge in [-0.1, -0.05) is 18.2 Å². The van der Waals surface area contributed by atoms with Crippen LogP contribution in [0.4, 0.5) is 4.39 Å². The average Bonchev–Trinajstić information content (AvgIpc) is 3.12. The van der Waals surface area contributed by atoms with Crippen molar-refractivity contribution in [2.24, 2.45) is 0 Å². The highest BCUT2D eigenvalue weighted by Gasteiger charge is 2.16. The summed E-state index contributed by atoms with van der Waals surface area (Å²) in [5.74, 6) is 0.0277. The first-order valence-corrected chi connectivity index (χ1v) is 12.6. The summed E-state index contributed by atoms with van der Waals surface area (Å²) in [5, 5.41) is 9.36. The van der Waals surface area contributed by atoms with Crippen molar-refractivity contribution in [3.63, 3.8) is 0 Å². The van der Waals surface area contributed by atoms with Crippen molar-refractivity contribution in [1.82, 2.24) is 14.7 Å². The molecule has 31 heavy (non-hydrogen) atoms. The number of hydrogen-bond acceptors (Lipinski definition) is 4. The number of likely N-dealkylation sites (tertiary alicyclic amines) is 1. The summed E-state index contributed by atoms with van der Waals surface area (Å²) in [5.41, 5.74) is 0. The second-order valence-electron chi connectivity index (χ2n) is 9.90. The minimum Gasteiger partial charge on any atom is -0.393 e. The molecule has 0 saturated carbocycles. The highest BCUT2D eigenvalue weighted by atomic mass is 19.1. The molecule has 1 unspecified atom stereocenters. The topological polar surface area (TPSA) is 30.0 Å². The van der Waals surface area contributed by atoms with Gasteiger partial charge in [-0.05, 0) is 86.6 Å². The second-order valence-corrected chi connectivity index (χ2v) is 9.90. The summed E-state index contributed by atoms with van der Waals surface area (Å²) < 4.78 is 12.6. The predicted molar refractivity (Wildman–Crippen MR) is 132 cm³/mol. The Labute approximate surface area is 192 Å². The fourth-order valence-corrected chi connectivity index (χ4v) is 4.13. The maximum Gasteiger partial charge on any atom is 0.110 e. The monoisotopic (exact) mass is 439 g/mol. The number of nitrogens with zero attached hydrogens (tertiary/aromatic N) is 3. The lowest BCUT2D eigenvalue weighted by Gasteiger charge is -2.27. The van der Waals surface area contributed by atoms with E-state index in [0.717, 1.165) is 51.4 Å². The molecule has 0 amide bonds. The highest BCUT2D eigenvalue weighted by molar-refractivity contribution is 4.99. The summed E-state index contributed by atoms with van der Waals surface area (Å²) in [6, 6.07) is 1.83. The molecular weight excluding hydrogens is 389 g/mol. The Morgan fingerprint density at radius 1 is 0.742 bits per heavy atom. The van der Waals surface area contributed by atoms with Gasteiger partial charge in [-0.25, -0.2) is 4.39 Å². The standard InChI is InChI=1S/C9H19NO.C9H17N.C8H14FN/c1-8(2)10-6-3-4-9(11)5-7-10;1-9(2)10-7-5-3-4-6-8-10;1-7(2)10-5-3-4-8(9)6-10/h8-9,11H,3-7H2,1-2H3;3-4,9H,5-8H2,1-2H3;4,7H,3,5-6H2,1-2H3. The van der Waals surface area contributed by atoms with Crippen molar-refractivity contribution in [2.45, 2.75) is 104 Å². The summed E-state index contributed by atoms with van der Waals surface area (Å²) in [7, 11) is 0. The van der Waals surface area contributed by atoms with Crippen molar-refractivity contribution < 1.29 is 9.50 Å². The lowest BCUT2D eigenvalue weighted by molar-refractivity contribution is 0.151. The molecule has 0 bridgehead atoms. The largest absolute Gasteiger partial charge is 0.393 e. The number of rotatable bonds is 3. The van der Waals surface area contributed by atoms with E-state index in [1.807, 2.05) is 0 Å². The van der Waals surface area contributed by atoms with Gasteiger partial charge in [0.15, 0.2) is 0 Å². The molecule has 4 nitrogen and oxygen atoms in total. The smallest absolute Gasteiger partial charge is 0.110 e. The van der Waals surface area contributed by atoms with Gasteiger partial charge in [0.2, 0.25) is 0 Å². The van der Waals surface area contributed by atoms with Crippen LogP contribution in [-0.4, -0.2) is 83.3 Å². The van der Waals surface area contributed by atoms with Crippen LogP contribution in [-0.2, 0) is 0 Å². The maximum atomic E-state index is 12.6. The Hall–Kier alpha value is -0.750. The Morgan fingerprint density at radius 3 is 1.74 bits per heavy atom. The molecule has 0 spiro atoms. The van der Waals surface area contributed by atoms with Gasteiger partial charge in [0.05, 0.1) is 12.6 Å². The van der Waals surface area contributed by atoms with E-state index in [1.54, 1.807) is 6.08 Å². The van der Waals surface area contributed by atoms with Gasteiger partial charge in [-0.2, -0.15) is 0 Å². The van der Waals surface area contributed by atoms with Crippen molar-refractivity contribution >= 4 is 0 Å². The number of halogens is 1. The quantitative estimate of drug-likeness (QED) is 0.609. The van der Waals surface area contributed by atoms with Crippen LogP contribution in [0.3, 0.4) is 0 Å². The van der Waals surface area contributed by atoms with Gasteiger partial charge >= 0.3 is 0 Å². The number of aliphatic hydroxyl groups is 1. The van der Waals surface area contributed by atoms with E-state index in [4.69, 9.17) is 0 Å². The van der Waals surface area contributed by atoms with Crippen molar-refractivity contribution in [2.75, 3.05) is 39.3 Å². The summed E-state index contributed by atoms with van der Waals surface area (Å²) in [6.45, 7) is 19.4. The molecule has 3 aliphatic heterocycles. The van der Waals surface area contributed by atoms with E-state index in [-0.39, 0.29) is 11.9 Å². The molecule has 0 aromatic heterocycles. The van der Waals surface area contributed by atoms with Gasteiger partial charge in [-0.3, -0.25) is 4.90 Å². The van der Waals surface area contributed by atoms with Gasteiger partial charge < -0.3 is 14.9 Å². The molecule has 5 heteroatoms. The lowest BCUT2D eigenvalue weighted by atomic mass is 10.2. The fraction of sp³-hybridized carbons (Fsp3) is 0.846. The highest BCUT2D eigenvalue weighted by Crippen LogP contribution is 2.13. The first kappa shape index (κ1) is 28.3. The SMILES string of the molecule is CC(C)N1CCC=C(F)C1.CC(C)N1CCC=CCC1.CC(C)N1CCCC(O)CC1. The molecule has 0 aromatic rings. The zero-order chi connectivity index (χ0) is 23.2. The minimum atomic E-state index is -0.0428. The van der Waals surface area contributed by atoms with Crippen LogP contribution in [0.25, 0.3) is 0 Å². The van der Waals surface area contributed by atoms with Crippen LogP contribution in [0.5, 0.6) is 0 Å². The third kappa shape index (κ3) is 12.8. The van der Waals surface area contributed by atoms with E-state index in [0.29, 0.717) is 18.6 Å². The molecule has 0 radical (unpaired) electrons. The Morgan fingerprint density at radius 2 is 1.26 bits per heavy atom. The normalized spacial score (nSPS) is 24.1. The van der Waals surface area contributed by atoms with Crippen LogP contribution in [0, 0.1) is 0 Å². The first-order valence-electron chi connectivity index (χ1n) is 12.6. The van der Waals surface area contributed by atoms with Gasteiger partial charge in [0.25, 0.3) is 0 Å². The van der Waals surface area contributed by atoms with E-state index in [2.05, 4.69) is 68.4 Å². The third-order valence-corrected chi connectivity index (χ3v) is 6.39. The van der Waals surface area contributed by atoms with Crippen molar-refractivity contribution in [3.05, 3.63) is 24.1 Å². The third-order valence-electron chi connectivity index (χ3n) is 6.39. The zero-order valence-electron chi connectivity index (χ0n) is 21.2. The molecule has 0 aliphatic carbocycles. The number of hydrogen-bond donors (Lipinski definition) is 1. The molecule has 1 saturated heterocycles. The Kier molecular flexibility index (Phi) is 14.6. The molecule has 1 atom stereocenters. The molecule has 182 valence electrons. The maximum absolute atomic E-state index is 12.6. The Balaban J connectivity index is 0.000000233. The van der Waals surface area contributed by atoms with Crippen LogP contribution in [0.2, 0.25) is 0 Å². The first-order chi connectivity index (χ1) is 14.7. The van der Waals surface area contributed by atoms with Crippen LogP contribution in [0.1, 0.15) is 80.1 Å². The Bertz CT molecular complexity index is 509. The molecule has 3 rings (SSSR count). The van der Waals surface area contributed by atoms with E-state index in [9.17, 15) is 9.50 Å². The molecule has 0 aromatic carbocycles. The predicted octanol–water partition coefficient (Wildman–Crippen LogP) is 5.24. The minimum absolute atomic E-state index is 0.0277. The van der Waals surface area contributed by atoms with Crippen LogP contribution >= 0.6 is 0 Å².